The first-order chi connectivity index (χ1) is 11.2. The van der Waals surface area contributed by atoms with E-state index in [2.05, 4.69) is 10.6 Å². The predicted molar refractivity (Wildman–Crippen MR) is 92.0 cm³/mol. The number of rotatable bonds is 3. The molecule has 3 N–H and O–H groups in total. The molecule has 1 saturated carbocycles. The van der Waals surface area contributed by atoms with Gasteiger partial charge in [-0.3, -0.25) is 10.1 Å². The van der Waals surface area contributed by atoms with Crippen molar-refractivity contribution in [3.8, 4) is 0 Å². The highest BCUT2D eigenvalue weighted by Crippen LogP contribution is 2.19. The molecule has 2 amide bonds. The normalized spacial score (nSPS) is 21.0. The molecule has 0 unspecified atom stereocenters. The molecular weight excluding hydrogens is 308 g/mol. The molecule has 0 heterocycles. The number of carbonyl (C=O) groups is 2. The lowest BCUT2D eigenvalue weighted by molar-refractivity contribution is 0.0635. The standard InChI is InChI=1S/C18H26N2O4/c1-18(2,3)24-17(23)20-14-6-4-12(5-7-14)16(22)19-13-8-10-15(21)11-9-13/h4-7,13,15,21H,8-11H2,1-3H3,(H,19,22)(H,20,23). The van der Waals surface area contributed by atoms with Crippen molar-refractivity contribution in [1.29, 1.82) is 0 Å². The minimum atomic E-state index is -0.558. The lowest BCUT2D eigenvalue weighted by Crippen LogP contribution is -2.38. The number of aliphatic hydroxyl groups is 1. The Balaban J connectivity index is 1.87. The molecule has 1 fully saturated rings. The van der Waals surface area contributed by atoms with Gasteiger partial charge < -0.3 is 15.2 Å². The first-order valence-electron chi connectivity index (χ1n) is 8.32. The average molecular weight is 334 g/mol. The molecule has 0 radical (unpaired) electrons. The van der Waals surface area contributed by atoms with Crippen LogP contribution in [0, 0.1) is 0 Å². The van der Waals surface area contributed by atoms with Gasteiger partial charge in [-0.05, 0) is 70.7 Å². The maximum absolute atomic E-state index is 12.2. The van der Waals surface area contributed by atoms with E-state index in [1.807, 2.05) is 0 Å². The van der Waals surface area contributed by atoms with Crippen molar-refractivity contribution in [2.75, 3.05) is 5.32 Å². The van der Waals surface area contributed by atoms with Gasteiger partial charge in [0.05, 0.1) is 6.10 Å². The van der Waals surface area contributed by atoms with Crippen molar-refractivity contribution in [3.63, 3.8) is 0 Å². The van der Waals surface area contributed by atoms with Crippen molar-refractivity contribution in [3.05, 3.63) is 29.8 Å². The van der Waals surface area contributed by atoms with Gasteiger partial charge in [-0.2, -0.15) is 0 Å². The van der Waals surface area contributed by atoms with Gasteiger partial charge in [-0.1, -0.05) is 0 Å². The van der Waals surface area contributed by atoms with E-state index < -0.39 is 11.7 Å². The highest BCUT2D eigenvalue weighted by Gasteiger charge is 2.21. The van der Waals surface area contributed by atoms with Crippen LogP contribution in [-0.2, 0) is 4.74 Å². The monoisotopic (exact) mass is 334 g/mol. The largest absolute Gasteiger partial charge is 0.444 e. The Morgan fingerprint density at radius 1 is 1.08 bits per heavy atom. The molecule has 132 valence electrons. The summed E-state index contributed by atoms with van der Waals surface area (Å²) in [5.74, 6) is -0.139. The summed E-state index contributed by atoms with van der Waals surface area (Å²) in [5, 5.41) is 15.1. The fourth-order valence-corrected chi connectivity index (χ4v) is 2.62. The minimum absolute atomic E-state index is 0.112. The Kier molecular flexibility index (Phi) is 5.83. The van der Waals surface area contributed by atoms with E-state index in [4.69, 9.17) is 4.74 Å². The number of anilines is 1. The van der Waals surface area contributed by atoms with Crippen molar-refractivity contribution in [2.24, 2.45) is 0 Å². The molecule has 24 heavy (non-hydrogen) atoms. The molecule has 1 aromatic carbocycles. The first kappa shape index (κ1) is 18.3. The maximum atomic E-state index is 12.2. The fourth-order valence-electron chi connectivity index (χ4n) is 2.62. The van der Waals surface area contributed by atoms with Crippen molar-refractivity contribution in [2.45, 2.75) is 64.2 Å². The lowest BCUT2D eigenvalue weighted by Gasteiger charge is -2.26. The van der Waals surface area contributed by atoms with Gasteiger partial charge in [0, 0.05) is 17.3 Å². The Morgan fingerprint density at radius 3 is 2.21 bits per heavy atom. The fraction of sp³-hybridized carbons (Fsp3) is 0.556. The molecule has 0 atom stereocenters. The Labute approximate surface area is 142 Å². The first-order valence-corrected chi connectivity index (χ1v) is 8.32. The van der Waals surface area contributed by atoms with Crippen LogP contribution in [0.15, 0.2) is 24.3 Å². The van der Waals surface area contributed by atoms with Crippen LogP contribution in [-0.4, -0.2) is 34.9 Å². The topological polar surface area (TPSA) is 87.7 Å². The third-order valence-corrected chi connectivity index (χ3v) is 3.82. The summed E-state index contributed by atoms with van der Waals surface area (Å²) >= 11 is 0. The van der Waals surface area contributed by atoms with Gasteiger partial charge in [-0.25, -0.2) is 4.79 Å². The third-order valence-electron chi connectivity index (χ3n) is 3.82. The summed E-state index contributed by atoms with van der Waals surface area (Å²) in [4.78, 5) is 23.9. The number of aliphatic hydroxyl groups excluding tert-OH is 1. The molecule has 1 aliphatic rings. The zero-order valence-corrected chi connectivity index (χ0v) is 14.5. The Morgan fingerprint density at radius 2 is 1.67 bits per heavy atom. The molecule has 6 nitrogen and oxygen atoms in total. The molecule has 0 bridgehead atoms. The summed E-state index contributed by atoms with van der Waals surface area (Å²) < 4.78 is 5.18. The third kappa shape index (κ3) is 5.85. The second kappa shape index (κ2) is 7.66. The summed E-state index contributed by atoms with van der Waals surface area (Å²) in [6, 6.07) is 6.78. The molecule has 1 aliphatic carbocycles. The molecule has 6 heteroatoms. The lowest BCUT2D eigenvalue weighted by atomic mass is 9.93. The molecule has 0 spiro atoms. The number of benzene rings is 1. The van der Waals surface area contributed by atoms with Crippen molar-refractivity contribution < 1.29 is 19.4 Å². The van der Waals surface area contributed by atoms with Crippen LogP contribution >= 0.6 is 0 Å². The zero-order chi connectivity index (χ0) is 17.7. The van der Waals surface area contributed by atoms with Crippen LogP contribution < -0.4 is 10.6 Å². The predicted octanol–water partition coefficient (Wildman–Crippen LogP) is 3.07. The van der Waals surface area contributed by atoms with Crippen LogP contribution in [0.3, 0.4) is 0 Å². The number of carbonyl (C=O) groups excluding carboxylic acids is 2. The second-order valence-electron chi connectivity index (χ2n) is 7.18. The number of nitrogens with one attached hydrogen (secondary N) is 2. The Hall–Kier alpha value is -2.08. The van der Waals surface area contributed by atoms with Gasteiger partial charge in [0.2, 0.25) is 0 Å². The number of hydrogen-bond acceptors (Lipinski definition) is 4. The van der Waals surface area contributed by atoms with Gasteiger partial charge in [-0.15, -0.1) is 0 Å². The summed E-state index contributed by atoms with van der Waals surface area (Å²) in [7, 11) is 0. The smallest absolute Gasteiger partial charge is 0.412 e. The second-order valence-corrected chi connectivity index (χ2v) is 7.18. The van der Waals surface area contributed by atoms with E-state index in [0.29, 0.717) is 11.3 Å². The van der Waals surface area contributed by atoms with Crippen LogP contribution in [0.4, 0.5) is 10.5 Å². The van der Waals surface area contributed by atoms with E-state index in [-0.39, 0.29) is 18.1 Å². The van der Waals surface area contributed by atoms with Crippen LogP contribution in [0.25, 0.3) is 0 Å². The van der Waals surface area contributed by atoms with E-state index >= 15 is 0 Å². The molecular formula is C18H26N2O4. The van der Waals surface area contributed by atoms with E-state index in [1.165, 1.54) is 0 Å². The van der Waals surface area contributed by atoms with Gasteiger partial charge in [0.1, 0.15) is 5.60 Å². The van der Waals surface area contributed by atoms with Crippen LogP contribution in [0.1, 0.15) is 56.8 Å². The Bertz CT molecular complexity index is 570. The van der Waals surface area contributed by atoms with E-state index in [1.54, 1.807) is 45.0 Å². The molecule has 1 aromatic rings. The summed E-state index contributed by atoms with van der Waals surface area (Å²) in [6.07, 6.45) is 2.28. The van der Waals surface area contributed by atoms with Crippen molar-refractivity contribution >= 4 is 17.7 Å². The molecule has 0 aliphatic heterocycles. The molecule has 0 aromatic heterocycles. The highest BCUT2D eigenvalue weighted by molar-refractivity contribution is 5.95. The van der Waals surface area contributed by atoms with Crippen molar-refractivity contribution in [1.82, 2.24) is 5.32 Å². The number of hydrogen-bond donors (Lipinski definition) is 3. The minimum Gasteiger partial charge on any atom is -0.444 e. The van der Waals surface area contributed by atoms with E-state index in [9.17, 15) is 14.7 Å². The number of amides is 2. The van der Waals surface area contributed by atoms with Gasteiger partial charge >= 0.3 is 6.09 Å². The maximum Gasteiger partial charge on any atom is 0.412 e. The SMILES string of the molecule is CC(C)(C)OC(=O)Nc1ccc(C(=O)NC2CCC(O)CC2)cc1. The zero-order valence-electron chi connectivity index (χ0n) is 14.5. The molecule has 2 rings (SSSR count). The van der Waals surface area contributed by atoms with Crippen LogP contribution in [0.5, 0.6) is 0 Å². The number of ether oxygens (including phenoxy) is 1. The average Bonchev–Trinajstić information content (AvgIpc) is 2.48. The van der Waals surface area contributed by atoms with E-state index in [0.717, 1.165) is 25.7 Å². The molecule has 0 saturated heterocycles. The summed E-state index contributed by atoms with van der Waals surface area (Å²) in [5.41, 5.74) is 0.551. The summed E-state index contributed by atoms with van der Waals surface area (Å²) in [6.45, 7) is 5.39. The van der Waals surface area contributed by atoms with Crippen LogP contribution in [0.2, 0.25) is 0 Å². The quantitative estimate of drug-likeness (QED) is 0.793. The van der Waals surface area contributed by atoms with Gasteiger partial charge in [0.25, 0.3) is 5.91 Å². The van der Waals surface area contributed by atoms with Gasteiger partial charge in [0.15, 0.2) is 0 Å². The highest BCUT2D eigenvalue weighted by atomic mass is 16.6.